The lowest BCUT2D eigenvalue weighted by molar-refractivity contribution is 0.0163. The lowest BCUT2D eigenvalue weighted by Gasteiger charge is -2.12. The molecule has 2 N–H and O–H groups in total. The number of nitrogens with two attached hydrogens (primary N) is 1. The number of nitrogen functional groups attached to an aromatic ring is 1. The van der Waals surface area contributed by atoms with Crippen molar-refractivity contribution < 1.29 is 19.0 Å². The highest BCUT2D eigenvalue weighted by Gasteiger charge is 2.28. The lowest BCUT2D eigenvalue weighted by atomic mass is 10.2. The van der Waals surface area contributed by atoms with E-state index in [1.165, 1.54) is 0 Å². The molecule has 0 bridgehead atoms. The topological polar surface area (TPSA) is 101 Å². The minimum Gasteiger partial charge on any atom is -0.495 e. The van der Waals surface area contributed by atoms with Crippen LogP contribution in [0.25, 0.3) is 27.9 Å². The Morgan fingerprint density at radius 2 is 1.90 bits per heavy atom. The Morgan fingerprint density at radius 3 is 2.65 bits per heavy atom. The fourth-order valence-corrected chi connectivity index (χ4v) is 3.94. The van der Waals surface area contributed by atoms with Crippen LogP contribution >= 0.6 is 0 Å². The number of para-hydroxylation sites is 4. The number of fused-ring (bicyclic) bond motifs is 2. The summed E-state index contributed by atoms with van der Waals surface area (Å²) in [4.78, 5) is 22.6. The third kappa shape index (κ3) is 3.34. The summed E-state index contributed by atoms with van der Waals surface area (Å²) in [5, 5.41) is 0. The van der Waals surface area contributed by atoms with Crippen LogP contribution in [0.5, 0.6) is 5.75 Å². The molecule has 0 radical (unpaired) electrons. The first-order chi connectivity index (χ1) is 15.2. The molecule has 1 atom stereocenters. The third-order valence-corrected chi connectivity index (χ3v) is 5.45. The molecule has 8 nitrogen and oxygen atoms in total. The Hall–Kier alpha value is -3.65. The Morgan fingerprint density at radius 1 is 1.16 bits per heavy atom. The number of carbonyl (C=O) groups excluding carboxylic acids is 1. The van der Waals surface area contributed by atoms with E-state index in [4.69, 9.17) is 29.9 Å². The quantitative estimate of drug-likeness (QED) is 0.495. The van der Waals surface area contributed by atoms with E-state index >= 15 is 0 Å². The molecule has 1 saturated heterocycles. The minimum absolute atomic E-state index is 0.0837. The van der Waals surface area contributed by atoms with Crippen molar-refractivity contribution in [3.05, 3.63) is 54.1 Å². The van der Waals surface area contributed by atoms with Crippen molar-refractivity contribution in [2.75, 3.05) is 26.1 Å². The van der Waals surface area contributed by atoms with E-state index in [0.717, 1.165) is 12.8 Å². The molecule has 1 aliphatic rings. The molecule has 1 aliphatic heterocycles. The molecule has 31 heavy (non-hydrogen) atoms. The second-order valence-electron chi connectivity index (χ2n) is 7.39. The van der Waals surface area contributed by atoms with E-state index < -0.39 is 5.97 Å². The van der Waals surface area contributed by atoms with E-state index in [1.54, 1.807) is 11.7 Å². The predicted octanol–water partition coefficient (Wildman–Crippen LogP) is 3.50. The van der Waals surface area contributed by atoms with Gasteiger partial charge in [-0.3, -0.25) is 4.57 Å². The molecule has 1 fully saturated rings. The fourth-order valence-electron chi connectivity index (χ4n) is 3.94. The molecule has 0 unspecified atom stereocenters. The average Bonchev–Trinajstić information content (AvgIpc) is 3.41. The monoisotopic (exact) mass is 418 g/mol. The van der Waals surface area contributed by atoms with Crippen LogP contribution in [0.3, 0.4) is 0 Å². The van der Waals surface area contributed by atoms with Gasteiger partial charge >= 0.3 is 5.97 Å². The van der Waals surface area contributed by atoms with Crippen molar-refractivity contribution in [1.29, 1.82) is 0 Å². The smallest absolute Gasteiger partial charge is 0.344 e. The highest BCUT2D eigenvalue weighted by atomic mass is 16.6. The van der Waals surface area contributed by atoms with Gasteiger partial charge in [0.15, 0.2) is 5.65 Å². The van der Waals surface area contributed by atoms with Gasteiger partial charge in [-0.2, -0.15) is 0 Å². The predicted molar refractivity (Wildman–Crippen MR) is 117 cm³/mol. The summed E-state index contributed by atoms with van der Waals surface area (Å²) < 4.78 is 18.3. The molecule has 0 saturated carbocycles. The Kier molecular flexibility index (Phi) is 4.91. The van der Waals surface area contributed by atoms with Crippen molar-refractivity contribution in [3.8, 4) is 11.4 Å². The molecular formula is C23H22N4O4. The molecule has 0 aliphatic carbocycles. The molecule has 2 aromatic heterocycles. The zero-order valence-corrected chi connectivity index (χ0v) is 17.1. The van der Waals surface area contributed by atoms with Crippen molar-refractivity contribution >= 4 is 34.0 Å². The summed E-state index contributed by atoms with van der Waals surface area (Å²) in [7, 11) is 1.58. The summed E-state index contributed by atoms with van der Waals surface area (Å²) in [6.07, 6.45) is 1.75. The highest BCUT2D eigenvalue weighted by molar-refractivity contribution is 6.09. The number of nitrogens with zero attached hydrogens (tertiary/aromatic N) is 3. The molecule has 0 amide bonds. The van der Waals surface area contributed by atoms with E-state index in [9.17, 15) is 4.79 Å². The molecule has 158 valence electrons. The first kappa shape index (κ1) is 19.3. The van der Waals surface area contributed by atoms with Crippen LogP contribution in [0, 0.1) is 0 Å². The summed E-state index contributed by atoms with van der Waals surface area (Å²) in [6.45, 7) is 0.871. The Balaban J connectivity index is 1.69. The fraction of sp³-hybridized carbons (Fsp3) is 0.261. The number of hydrogen-bond donors (Lipinski definition) is 1. The van der Waals surface area contributed by atoms with E-state index in [0.29, 0.717) is 40.2 Å². The van der Waals surface area contributed by atoms with Crippen LogP contribution in [0.1, 0.15) is 23.2 Å². The molecular weight excluding hydrogens is 396 g/mol. The number of esters is 1. The molecule has 3 heterocycles. The van der Waals surface area contributed by atoms with Gasteiger partial charge in [-0.05, 0) is 37.1 Å². The number of rotatable bonds is 5. The van der Waals surface area contributed by atoms with Crippen molar-refractivity contribution in [2.45, 2.75) is 18.9 Å². The second-order valence-corrected chi connectivity index (χ2v) is 7.39. The van der Waals surface area contributed by atoms with Crippen LogP contribution in [0.2, 0.25) is 0 Å². The van der Waals surface area contributed by atoms with Crippen LogP contribution in [-0.4, -0.2) is 46.9 Å². The second kappa shape index (κ2) is 7.88. The first-order valence-electron chi connectivity index (χ1n) is 10.2. The summed E-state index contributed by atoms with van der Waals surface area (Å²) in [6, 6.07) is 14.9. The Labute approximate surface area is 178 Å². The number of aromatic nitrogens is 3. The van der Waals surface area contributed by atoms with Crippen LogP contribution in [0.15, 0.2) is 48.5 Å². The van der Waals surface area contributed by atoms with E-state index in [1.807, 2.05) is 48.5 Å². The van der Waals surface area contributed by atoms with Crippen LogP contribution in [0.4, 0.5) is 5.82 Å². The number of ether oxygens (including phenoxy) is 3. The zero-order valence-electron chi connectivity index (χ0n) is 17.1. The van der Waals surface area contributed by atoms with Gasteiger partial charge < -0.3 is 19.9 Å². The largest absolute Gasteiger partial charge is 0.495 e. The summed E-state index contributed by atoms with van der Waals surface area (Å²) >= 11 is 0. The molecule has 2 aromatic carbocycles. The lowest BCUT2D eigenvalue weighted by Crippen LogP contribution is -2.18. The number of hydrogen-bond acceptors (Lipinski definition) is 7. The minimum atomic E-state index is -0.545. The standard InChI is InChI=1S/C23H22N4O4/c1-29-18-11-5-4-10-17(18)27-21(24)19(23(28)31-13-14-7-6-12-30-14)20-22(27)26-16-9-3-2-8-15(16)25-20/h2-5,8-11,14H,6-7,12-13,24H2,1H3/t14-/m0/s1. The SMILES string of the molecule is COc1ccccc1-n1c(N)c(C(=O)OC[C@@H]2CCCO2)c2nc3ccccc3nc21. The molecule has 4 aromatic rings. The average molecular weight is 418 g/mol. The number of anilines is 1. The maximum absolute atomic E-state index is 13.1. The highest BCUT2D eigenvalue weighted by Crippen LogP contribution is 2.34. The van der Waals surface area contributed by atoms with Gasteiger partial charge in [0, 0.05) is 6.61 Å². The molecule has 5 rings (SSSR count). The summed E-state index contributed by atoms with van der Waals surface area (Å²) in [5.41, 5.74) is 9.58. The Bertz CT molecular complexity index is 1280. The van der Waals surface area contributed by atoms with Crippen molar-refractivity contribution in [3.63, 3.8) is 0 Å². The zero-order chi connectivity index (χ0) is 21.4. The van der Waals surface area contributed by atoms with Gasteiger partial charge in [-0.1, -0.05) is 24.3 Å². The molecule has 8 heteroatoms. The van der Waals surface area contributed by atoms with Crippen LogP contribution < -0.4 is 10.5 Å². The number of methoxy groups -OCH3 is 1. The maximum Gasteiger partial charge on any atom is 0.344 e. The van der Waals surface area contributed by atoms with E-state index in [2.05, 4.69) is 0 Å². The van der Waals surface area contributed by atoms with Crippen molar-refractivity contribution in [1.82, 2.24) is 14.5 Å². The number of benzene rings is 2. The van der Waals surface area contributed by atoms with E-state index in [-0.39, 0.29) is 24.1 Å². The van der Waals surface area contributed by atoms with Gasteiger partial charge in [0.05, 0.1) is 29.9 Å². The van der Waals surface area contributed by atoms with Crippen LogP contribution in [-0.2, 0) is 9.47 Å². The van der Waals surface area contributed by atoms with Gasteiger partial charge in [-0.15, -0.1) is 0 Å². The van der Waals surface area contributed by atoms with Gasteiger partial charge in [-0.25, -0.2) is 14.8 Å². The van der Waals surface area contributed by atoms with Gasteiger partial charge in [0.1, 0.15) is 29.3 Å². The summed E-state index contributed by atoms with van der Waals surface area (Å²) in [5.74, 6) is 0.253. The maximum atomic E-state index is 13.1. The normalized spacial score (nSPS) is 16.1. The van der Waals surface area contributed by atoms with Crippen molar-refractivity contribution in [2.24, 2.45) is 0 Å². The third-order valence-electron chi connectivity index (χ3n) is 5.45. The molecule has 0 spiro atoms. The van der Waals surface area contributed by atoms with Gasteiger partial charge in [0.25, 0.3) is 0 Å². The van der Waals surface area contributed by atoms with Gasteiger partial charge in [0.2, 0.25) is 0 Å². The first-order valence-corrected chi connectivity index (χ1v) is 10.2. The number of carbonyl (C=O) groups is 1.